The molecule has 0 spiro atoms. The average Bonchev–Trinajstić information content (AvgIpc) is 3.26. The Hall–Kier alpha value is -2.87. The fourth-order valence-electron chi connectivity index (χ4n) is 2.49. The monoisotopic (exact) mass is 344 g/mol. The third-order valence-electron chi connectivity index (χ3n) is 3.77. The number of nitrogens with zero attached hydrogens (tertiary/aromatic N) is 1. The number of nitrogens with one attached hydrogen (secondary N) is 3. The van der Waals surface area contributed by atoms with Gasteiger partial charge in [-0.05, 0) is 44.0 Å². The summed E-state index contributed by atoms with van der Waals surface area (Å²) in [6.45, 7) is 3.00. The minimum absolute atomic E-state index is 0.100. The number of aromatic nitrogens is 1. The molecule has 1 aromatic carbocycles. The summed E-state index contributed by atoms with van der Waals surface area (Å²) in [7, 11) is 0. The van der Waals surface area contributed by atoms with Gasteiger partial charge in [0.2, 0.25) is 5.76 Å². The predicted molar refractivity (Wildman–Crippen MR) is 91.6 cm³/mol. The number of urea groups is 1. The van der Waals surface area contributed by atoms with Gasteiger partial charge < -0.3 is 25.2 Å². The molecule has 3 N–H and O–H groups in total. The molecule has 3 rings (SSSR count). The van der Waals surface area contributed by atoms with Gasteiger partial charge in [-0.25, -0.2) is 4.79 Å². The van der Waals surface area contributed by atoms with Crippen LogP contribution >= 0.6 is 0 Å². The summed E-state index contributed by atoms with van der Waals surface area (Å²) in [4.78, 5) is 23.8. The van der Waals surface area contributed by atoms with E-state index in [0.29, 0.717) is 23.6 Å². The van der Waals surface area contributed by atoms with E-state index in [1.807, 2.05) is 0 Å². The maximum Gasteiger partial charge on any atom is 0.319 e. The van der Waals surface area contributed by atoms with Crippen LogP contribution in [0.5, 0.6) is 0 Å². The van der Waals surface area contributed by atoms with Crippen LogP contribution in [0.1, 0.15) is 29.1 Å². The van der Waals surface area contributed by atoms with Gasteiger partial charge in [-0.2, -0.15) is 0 Å². The zero-order valence-electron chi connectivity index (χ0n) is 13.9. The van der Waals surface area contributed by atoms with Crippen LogP contribution in [0.15, 0.2) is 34.9 Å². The van der Waals surface area contributed by atoms with Gasteiger partial charge in [0.25, 0.3) is 5.91 Å². The normalized spacial score (nSPS) is 16.4. The van der Waals surface area contributed by atoms with Crippen LogP contribution in [0.25, 0.3) is 0 Å². The second-order valence-electron chi connectivity index (χ2n) is 5.83. The van der Waals surface area contributed by atoms with Crippen molar-refractivity contribution in [3.63, 3.8) is 0 Å². The molecule has 0 saturated carbocycles. The largest absolute Gasteiger partial charge is 0.376 e. The SMILES string of the molecule is Cc1cc(C(=O)Nc2ccc(NC(=O)NC[C@H]3CCCO3)cc2)on1. The van der Waals surface area contributed by atoms with E-state index in [1.165, 1.54) is 0 Å². The molecule has 1 aliphatic rings. The van der Waals surface area contributed by atoms with E-state index < -0.39 is 0 Å². The van der Waals surface area contributed by atoms with Crippen LogP contribution in [0.2, 0.25) is 0 Å². The molecule has 2 aromatic rings. The molecule has 1 saturated heterocycles. The summed E-state index contributed by atoms with van der Waals surface area (Å²) >= 11 is 0. The number of aryl methyl sites for hydroxylation is 1. The van der Waals surface area contributed by atoms with E-state index in [4.69, 9.17) is 9.26 Å². The van der Waals surface area contributed by atoms with Crippen LogP contribution in [0.4, 0.5) is 16.2 Å². The first-order chi connectivity index (χ1) is 12.1. The van der Waals surface area contributed by atoms with Crippen molar-refractivity contribution in [2.45, 2.75) is 25.9 Å². The molecule has 0 aliphatic carbocycles. The lowest BCUT2D eigenvalue weighted by atomic mass is 10.2. The van der Waals surface area contributed by atoms with Gasteiger partial charge in [0.1, 0.15) is 0 Å². The van der Waals surface area contributed by atoms with Gasteiger partial charge in [-0.3, -0.25) is 4.79 Å². The molecule has 132 valence electrons. The van der Waals surface area contributed by atoms with Crippen molar-refractivity contribution in [1.82, 2.24) is 10.5 Å². The highest BCUT2D eigenvalue weighted by Gasteiger charge is 2.16. The summed E-state index contributed by atoms with van der Waals surface area (Å²) in [5, 5.41) is 11.9. The standard InChI is InChI=1S/C17H20N4O4/c1-11-9-15(25-21-11)16(22)19-12-4-6-13(7-5-12)20-17(23)18-10-14-3-2-8-24-14/h4-7,9,14H,2-3,8,10H2,1H3,(H,19,22)(H2,18,20,23)/t14-/m1/s1. The predicted octanol–water partition coefficient (Wildman–Crippen LogP) is 2.54. The summed E-state index contributed by atoms with van der Waals surface area (Å²) in [6.07, 6.45) is 2.11. The van der Waals surface area contributed by atoms with Crippen LogP contribution in [0.3, 0.4) is 0 Å². The molecule has 0 radical (unpaired) electrons. The number of benzene rings is 1. The van der Waals surface area contributed by atoms with Crippen LogP contribution < -0.4 is 16.0 Å². The third-order valence-corrected chi connectivity index (χ3v) is 3.77. The highest BCUT2D eigenvalue weighted by molar-refractivity contribution is 6.02. The fourth-order valence-corrected chi connectivity index (χ4v) is 2.49. The Morgan fingerprint density at radius 1 is 1.20 bits per heavy atom. The molecule has 1 aromatic heterocycles. The summed E-state index contributed by atoms with van der Waals surface area (Å²) < 4.78 is 10.4. The Morgan fingerprint density at radius 3 is 2.52 bits per heavy atom. The first-order valence-corrected chi connectivity index (χ1v) is 8.11. The number of anilines is 2. The van der Waals surface area contributed by atoms with E-state index in [0.717, 1.165) is 19.4 Å². The van der Waals surface area contributed by atoms with Crippen LogP contribution in [-0.2, 0) is 4.74 Å². The van der Waals surface area contributed by atoms with Crippen molar-refractivity contribution in [1.29, 1.82) is 0 Å². The molecular weight excluding hydrogens is 324 g/mol. The minimum Gasteiger partial charge on any atom is -0.376 e. The lowest BCUT2D eigenvalue weighted by molar-refractivity contribution is 0.0988. The van der Waals surface area contributed by atoms with Gasteiger partial charge >= 0.3 is 6.03 Å². The third kappa shape index (κ3) is 4.80. The molecular formula is C17H20N4O4. The maximum absolute atomic E-state index is 12.0. The van der Waals surface area contributed by atoms with Crippen molar-refractivity contribution < 1.29 is 18.8 Å². The minimum atomic E-state index is -0.379. The average molecular weight is 344 g/mol. The molecule has 8 heteroatoms. The Bertz CT molecular complexity index is 735. The van der Waals surface area contributed by atoms with E-state index in [-0.39, 0.29) is 23.8 Å². The highest BCUT2D eigenvalue weighted by Crippen LogP contribution is 2.15. The molecule has 0 bridgehead atoms. The molecule has 25 heavy (non-hydrogen) atoms. The van der Waals surface area contributed by atoms with Crippen molar-refractivity contribution in [3.05, 3.63) is 41.8 Å². The number of carbonyl (C=O) groups is 2. The molecule has 1 fully saturated rings. The fraction of sp³-hybridized carbons (Fsp3) is 0.353. The van der Waals surface area contributed by atoms with E-state index in [1.54, 1.807) is 37.3 Å². The number of ether oxygens (including phenoxy) is 1. The Kier molecular flexibility index (Phi) is 5.30. The number of hydrogen-bond acceptors (Lipinski definition) is 5. The lowest BCUT2D eigenvalue weighted by Crippen LogP contribution is -2.35. The van der Waals surface area contributed by atoms with Gasteiger partial charge in [0, 0.05) is 30.6 Å². The Labute approximate surface area is 144 Å². The number of amides is 3. The van der Waals surface area contributed by atoms with E-state index in [9.17, 15) is 9.59 Å². The highest BCUT2D eigenvalue weighted by atomic mass is 16.5. The first kappa shape index (κ1) is 17.0. The van der Waals surface area contributed by atoms with Crippen LogP contribution in [0, 0.1) is 6.92 Å². The summed E-state index contributed by atoms with van der Waals surface area (Å²) in [5.41, 5.74) is 1.85. The summed E-state index contributed by atoms with van der Waals surface area (Å²) in [5.74, 6) is -0.233. The second kappa shape index (κ2) is 7.80. The van der Waals surface area contributed by atoms with Crippen molar-refractivity contribution in [2.24, 2.45) is 0 Å². The molecule has 1 aliphatic heterocycles. The summed E-state index contributed by atoms with van der Waals surface area (Å²) in [6, 6.07) is 8.06. The van der Waals surface area contributed by atoms with Gasteiger partial charge in [0.05, 0.1) is 11.8 Å². The zero-order chi connectivity index (χ0) is 17.6. The van der Waals surface area contributed by atoms with Crippen LogP contribution in [-0.4, -0.2) is 36.4 Å². The molecule has 3 amide bonds. The van der Waals surface area contributed by atoms with Crippen molar-refractivity contribution in [3.8, 4) is 0 Å². The van der Waals surface area contributed by atoms with Gasteiger partial charge in [-0.15, -0.1) is 0 Å². The van der Waals surface area contributed by atoms with Crippen molar-refractivity contribution in [2.75, 3.05) is 23.8 Å². The lowest BCUT2D eigenvalue weighted by Gasteiger charge is -2.12. The maximum atomic E-state index is 12.0. The number of hydrogen-bond donors (Lipinski definition) is 3. The molecule has 2 heterocycles. The Morgan fingerprint density at radius 2 is 1.92 bits per heavy atom. The topological polar surface area (TPSA) is 105 Å². The first-order valence-electron chi connectivity index (χ1n) is 8.11. The molecule has 0 unspecified atom stereocenters. The van der Waals surface area contributed by atoms with E-state index >= 15 is 0 Å². The smallest absolute Gasteiger partial charge is 0.319 e. The Balaban J connectivity index is 1.48. The number of carbonyl (C=O) groups excluding carboxylic acids is 2. The van der Waals surface area contributed by atoms with Crippen molar-refractivity contribution >= 4 is 23.3 Å². The quantitative estimate of drug-likeness (QED) is 0.773. The molecule has 1 atom stereocenters. The van der Waals surface area contributed by atoms with Gasteiger partial charge in [0.15, 0.2) is 0 Å². The zero-order valence-corrected chi connectivity index (χ0v) is 13.9. The second-order valence-corrected chi connectivity index (χ2v) is 5.83. The number of rotatable bonds is 5. The van der Waals surface area contributed by atoms with Gasteiger partial charge in [-0.1, -0.05) is 5.16 Å². The molecule has 8 nitrogen and oxygen atoms in total. The van der Waals surface area contributed by atoms with E-state index in [2.05, 4.69) is 21.1 Å².